The van der Waals surface area contributed by atoms with Crippen molar-refractivity contribution >= 4 is 11.8 Å². The summed E-state index contributed by atoms with van der Waals surface area (Å²) in [5.41, 5.74) is 1.66. The maximum Gasteiger partial charge on any atom is 0.140 e. The van der Waals surface area contributed by atoms with Crippen LogP contribution in [0.25, 0.3) is 0 Å². The minimum absolute atomic E-state index is 0.763. The lowest BCUT2D eigenvalue weighted by atomic mass is 10.1. The normalized spacial score (nSPS) is 11.3. The fraction of sp³-hybridized carbons (Fsp3) is 0.176. The lowest BCUT2D eigenvalue weighted by Gasteiger charge is -2.05. The van der Waals surface area contributed by atoms with E-state index >= 15 is 0 Å². The SMILES string of the molecule is COc1ccc([C@H](O)C#Cc2ccc(SC)cc2)cc1. The molecule has 0 aliphatic rings. The van der Waals surface area contributed by atoms with Gasteiger partial charge in [-0.25, -0.2) is 0 Å². The second kappa shape index (κ2) is 7.04. The minimum Gasteiger partial charge on any atom is -0.497 e. The van der Waals surface area contributed by atoms with E-state index in [-0.39, 0.29) is 0 Å². The molecule has 0 aliphatic carbocycles. The van der Waals surface area contributed by atoms with Gasteiger partial charge in [-0.1, -0.05) is 24.0 Å². The number of hydrogen-bond donors (Lipinski definition) is 1. The van der Waals surface area contributed by atoms with E-state index in [1.807, 2.05) is 54.8 Å². The largest absolute Gasteiger partial charge is 0.497 e. The van der Waals surface area contributed by atoms with Crippen LogP contribution in [0.5, 0.6) is 5.75 Å². The van der Waals surface area contributed by atoms with Crippen LogP contribution in [-0.4, -0.2) is 18.5 Å². The summed E-state index contributed by atoms with van der Waals surface area (Å²) in [5.74, 6) is 6.60. The van der Waals surface area contributed by atoms with Crippen LogP contribution in [0, 0.1) is 11.8 Å². The zero-order valence-corrected chi connectivity index (χ0v) is 12.3. The Balaban J connectivity index is 2.09. The quantitative estimate of drug-likeness (QED) is 0.691. The zero-order valence-electron chi connectivity index (χ0n) is 11.5. The zero-order chi connectivity index (χ0) is 14.4. The lowest BCUT2D eigenvalue weighted by Crippen LogP contribution is -1.93. The number of aliphatic hydroxyl groups excluding tert-OH is 1. The first kappa shape index (κ1) is 14.5. The van der Waals surface area contributed by atoms with Crippen molar-refractivity contribution in [3.63, 3.8) is 0 Å². The third-order valence-electron chi connectivity index (χ3n) is 2.87. The predicted molar refractivity (Wildman–Crippen MR) is 83.1 cm³/mol. The average molecular weight is 284 g/mol. The molecule has 0 bridgehead atoms. The minimum atomic E-state index is -0.791. The van der Waals surface area contributed by atoms with E-state index in [1.165, 1.54) is 4.90 Å². The van der Waals surface area contributed by atoms with Gasteiger partial charge < -0.3 is 9.84 Å². The van der Waals surface area contributed by atoms with Gasteiger partial charge >= 0.3 is 0 Å². The van der Waals surface area contributed by atoms with E-state index in [9.17, 15) is 5.11 Å². The third kappa shape index (κ3) is 3.80. The molecule has 0 amide bonds. The summed E-state index contributed by atoms with van der Waals surface area (Å²) in [6, 6.07) is 15.2. The summed E-state index contributed by atoms with van der Waals surface area (Å²) in [7, 11) is 1.61. The second-order valence-electron chi connectivity index (χ2n) is 4.17. The number of hydrogen-bond acceptors (Lipinski definition) is 3. The molecule has 2 aromatic rings. The Labute approximate surface area is 123 Å². The molecule has 0 aliphatic heterocycles. The molecule has 0 heterocycles. The molecule has 20 heavy (non-hydrogen) atoms. The molecule has 1 atom stereocenters. The molecule has 0 unspecified atom stereocenters. The molecule has 2 aromatic carbocycles. The Bertz CT molecular complexity index is 606. The van der Waals surface area contributed by atoms with Crippen molar-refractivity contribution in [3.05, 3.63) is 59.7 Å². The number of rotatable bonds is 3. The van der Waals surface area contributed by atoms with Crippen LogP contribution in [0.15, 0.2) is 53.4 Å². The highest BCUT2D eigenvalue weighted by Crippen LogP contribution is 2.17. The number of aliphatic hydroxyl groups is 1. The molecule has 102 valence electrons. The Hall–Kier alpha value is -1.89. The Morgan fingerprint density at radius 1 is 1.05 bits per heavy atom. The van der Waals surface area contributed by atoms with E-state index in [4.69, 9.17) is 4.74 Å². The maximum absolute atomic E-state index is 10.0. The van der Waals surface area contributed by atoms with Crippen LogP contribution in [0.2, 0.25) is 0 Å². The fourth-order valence-electron chi connectivity index (χ4n) is 1.70. The van der Waals surface area contributed by atoms with Gasteiger partial charge in [-0.3, -0.25) is 0 Å². The maximum atomic E-state index is 10.0. The number of benzene rings is 2. The summed E-state index contributed by atoms with van der Waals surface area (Å²) < 4.78 is 5.08. The molecule has 0 spiro atoms. The monoisotopic (exact) mass is 284 g/mol. The van der Waals surface area contributed by atoms with Crippen LogP contribution >= 0.6 is 11.8 Å². The molecule has 3 heteroatoms. The van der Waals surface area contributed by atoms with Gasteiger partial charge in [-0.05, 0) is 48.2 Å². The fourth-order valence-corrected chi connectivity index (χ4v) is 2.10. The van der Waals surface area contributed by atoms with E-state index in [1.54, 1.807) is 18.9 Å². The average Bonchev–Trinajstić information content (AvgIpc) is 2.53. The Kier molecular flexibility index (Phi) is 5.11. The van der Waals surface area contributed by atoms with Gasteiger partial charge in [0.15, 0.2) is 0 Å². The molecule has 0 fully saturated rings. The standard InChI is InChI=1S/C17H16O2S/c1-19-15-8-6-14(7-9-15)17(18)12-5-13-3-10-16(20-2)11-4-13/h3-4,6-11,17-18H,1-2H3/t17-/m1/s1. The summed E-state index contributed by atoms with van der Waals surface area (Å²) in [6.45, 7) is 0. The van der Waals surface area contributed by atoms with Crippen LogP contribution in [0.3, 0.4) is 0 Å². The molecule has 0 saturated heterocycles. The van der Waals surface area contributed by atoms with E-state index in [2.05, 4.69) is 11.8 Å². The smallest absolute Gasteiger partial charge is 0.140 e. The molecule has 0 radical (unpaired) electrons. The first-order chi connectivity index (χ1) is 9.72. The summed E-state index contributed by atoms with van der Waals surface area (Å²) in [4.78, 5) is 1.20. The number of methoxy groups -OCH3 is 1. The van der Waals surface area contributed by atoms with Gasteiger partial charge in [0.1, 0.15) is 11.9 Å². The van der Waals surface area contributed by atoms with Crippen molar-refractivity contribution < 1.29 is 9.84 Å². The molecule has 0 saturated carbocycles. The van der Waals surface area contributed by atoms with Crippen molar-refractivity contribution in [2.24, 2.45) is 0 Å². The highest BCUT2D eigenvalue weighted by Gasteiger charge is 2.03. The predicted octanol–water partition coefficient (Wildman–Crippen LogP) is 3.50. The summed E-state index contributed by atoms with van der Waals surface area (Å²) in [6.07, 6.45) is 1.25. The van der Waals surface area contributed by atoms with Crippen molar-refractivity contribution in [1.29, 1.82) is 0 Å². The van der Waals surface area contributed by atoms with Gasteiger partial charge in [0, 0.05) is 10.5 Å². The van der Waals surface area contributed by atoms with Gasteiger partial charge in [0.2, 0.25) is 0 Å². The lowest BCUT2D eigenvalue weighted by molar-refractivity contribution is 0.238. The molecule has 2 rings (SSSR count). The van der Waals surface area contributed by atoms with Crippen LogP contribution < -0.4 is 4.74 Å². The van der Waals surface area contributed by atoms with Gasteiger partial charge in [0.05, 0.1) is 7.11 Å². The Morgan fingerprint density at radius 2 is 1.70 bits per heavy atom. The van der Waals surface area contributed by atoms with Crippen molar-refractivity contribution in [3.8, 4) is 17.6 Å². The molecule has 1 N–H and O–H groups in total. The van der Waals surface area contributed by atoms with Gasteiger partial charge in [-0.15, -0.1) is 11.8 Å². The third-order valence-corrected chi connectivity index (χ3v) is 3.62. The van der Waals surface area contributed by atoms with Crippen molar-refractivity contribution in [2.45, 2.75) is 11.0 Å². The first-order valence-corrected chi connectivity index (χ1v) is 7.43. The van der Waals surface area contributed by atoms with Crippen molar-refractivity contribution in [1.82, 2.24) is 0 Å². The molecule has 0 aromatic heterocycles. The highest BCUT2D eigenvalue weighted by atomic mass is 32.2. The van der Waals surface area contributed by atoms with Crippen molar-refractivity contribution in [2.75, 3.05) is 13.4 Å². The Morgan fingerprint density at radius 3 is 2.25 bits per heavy atom. The second-order valence-corrected chi connectivity index (χ2v) is 5.05. The highest BCUT2D eigenvalue weighted by molar-refractivity contribution is 7.98. The molecule has 2 nitrogen and oxygen atoms in total. The van der Waals surface area contributed by atoms with Crippen LogP contribution in [-0.2, 0) is 0 Å². The van der Waals surface area contributed by atoms with Crippen LogP contribution in [0.4, 0.5) is 0 Å². The van der Waals surface area contributed by atoms with E-state index < -0.39 is 6.10 Å². The van der Waals surface area contributed by atoms with Gasteiger partial charge in [0.25, 0.3) is 0 Å². The molecular weight excluding hydrogens is 268 g/mol. The summed E-state index contributed by atoms with van der Waals surface area (Å²) in [5, 5.41) is 10.0. The first-order valence-electron chi connectivity index (χ1n) is 6.20. The number of ether oxygens (including phenoxy) is 1. The van der Waals surface area contributed by atoms with E-state index in [0.717, 1.165) is 16.9 Å². The van der Waals surface area contributed by atoms with Crippen LogP contribution in [0.1, 0.15) is 17.2 Å². The molecular formula is C17H16O2S. The summed E-state index contributed by atoms with van der Waals surface area (Å²) >= 11 is 1.69. The topological polar surface area (TPSA) is 29.5 Å². The van der Waals surface area contributed by atoms with E-state index in [0.29, 0.717) is 0 Å². The number of thioether (sulfide) groups is 1. The van der Waals surface area contributed by atoms with Gasteiger partial charge in [-0.2, -0.15) is 0 Å².